The Balaban J connectivity index is 0.00000320. The lowest BCUT2D eigenvalue weighted by Crippen LogP contribution is -2.37. The van der Waals surface area contributed by atoms with Gasteiger partial charge in [-0.25, -0.2) is 4.99 Å². The Hall–Kier alpha value is -2.36. The first-order valence-corrected chi connectivity index (χ1v) is 10.3. The molecule has 0 unspecified atom stereocenters. The van der Waals surface area contributed by atoms with Gasteiger partial charge in [0.05, 0.1) is 18.8 Å². The highest BCUT2D eigenvalue weighted by Gasteiger charge is 2.13. The van der Waals surface area contributed by atoms with E-state index in [-0.39, 0.29) is 24.0 Å². The second kappa shape index (κ2) is 12.4. The number of halogens is 1. The molecule has 0 aliphatic carbocycles. The van der Waals surface area contributed by atoms with Crippen LogP contribution in [0, 0.1) is 0 Å². The van der Waals surface area contributed by atoms with Crippen molar-refractivity contribution in [3.05, 3.63) is 70.9 Å². The number of aromatic nitrogens is 3. The van der Waals surface area contributed by atoms with Crippen molar-refractivity contribution in [1.29, 1.82) is 0 Å². The number of nitrogens with zero attached hydrogens (tertiary/aromatic N) is 4. The van der Waals surface area contributed by atoms with Gasteiger partial charge < -0.3 is 15.2 Å². The van der Waals surface area contributed by atoms with Crippen molar-refractivity contribution in [2.75, 3.05) is 6.54 Å². The normalized spacial score (nSPS) is 11.2. The van der Waals surface area contributed by atoms with Crippen molar-refractivity contribution in [3.63, 3.8) is 0 Å². The number of rotatable bonds is 9. The predicted molar refractivity (Wildman–Crippen MR) is 130 cm³/mol. The molecule has 3 rings (SSSR count). The molecule has 1 aromatic carbocycles. The molecule has 162 valence electrons. The predicted octanol–water partition coefficient (Wildman–Crippen LogP) is 3.92. The molecule has 2 aromatic heterocycles. The summed E-state index contributed by atoms with van der Waals surface area (Å²) in [7, 11) is 0. The van der Waals surface area contributed by atoms with E-state index in [1.807, 2.05) is 16.9 Å². The van der Waals surface area contributed by atoms with Gasteiger partial charge in [0.25, 0.3) is 0 Å². The van der Waals surface area contributed by atoms with Gasteiger partial charge in [0.1, 0.15) is 5.76 Å². The SMILES string of the molecule is CCNC(=NCc1cccc(Cn2cccn2)c1)NCc1c(CC)noc1CC.I. The average Bonchev–Trinajstić information content (AvgIpc) is 3.39. The first kappa shape index (κ1) is 23.9. The summed E-state index contributed by atoms with van der Waals surface area (Å²) in [5.41, 5.74) is 4.53. The third-order valence-corrected chi connectivity index (χ3v) is 4.70. The van der Waals surface area contributed by atoms with Gasteiger partial charge in [-0.3, -0.25) is 4.68 Å². The lowest BCUT2D eigenvalue weighted by molar-refractivity contribution is 0.380. The molecule has 0 aliphatic rings. The van der Waals surface area contributed by atoms with Gasteiger partial charge in [0, 0.05) is 37.5 Å². The van der Waals surface area contributed by atoms with Crippen LogP contribution in [0.4, 0.5) is 0 Å². The van der Waals surface area contributed by atoms with Gasteiger partial charge in [-0.2, -0.15) is 5.10 Å². The lowest BCUT2D eigenvalue weighted by atomic mass is 10.1. The fourth-order valence-corrected chi connectivity index (χ4v) is 3.23. The minimum atomic E-state index is 0. The Labute approximate surface area is 195 Å². The Morgan fingerprint density at radius 3 is 2.63 bits per heavy atom. The van der Waals surface area contributed by atoms with Gasteiger partial charge in [0.15, 0.2) is 5.96 Å². The number of hydrogen-bond donors (Lipinski definition) is 2. The van der Waals surface area contributed by atoms with Gasteiger partial charge in [-0.15, -0.1) is 24.0 Å². The highest BCUT2D eigenvalue weighted by atomic mass is 127. The monoisotopic (exact) mass is 522 g/mol. The fraction of sp³-hybridized carbons (Fsp3) is 0.409. The van der Waals surface area contributed by atoms with Crippen LogP contribution in [0.2, 0.25) is 0 Å². The molecule has 7 nitrogen and oxygen atoms in total. The van der Waals surface area contributed by atoms with Crippen LogP contribution in [0.5, 0.6) is 0 Å². The second-order valence-electron chi connectivity index (χ2n) is 6.81. The Kier molecular flexibility index (Phi) is 9.85. The Bertz CT molecular complexity index is 898. The van der Waals surface area contributed by atoms with Crippen molar-refractivity contribution >= 4 is 29.9 Å². The van der Waals surface area contributed by atoms with Crippen LogP contribution in [0.15, 0.2) is 52.2 Å². The zero-order valence-corrected chi connectivity index (χ0v) is 20.2. The van der Waals surface area contributed by atoms with E-state index in [1.54, 1.807) is 6.20 Å². The first-order chi connectivity index (χ1) is 14.2. The molecule has 0 radical (unpaired) electrons. The molecule has 0 atom stereocenters. The van der Waals surface area contributed by atoms with E-state index in [4.69, 9.17) is 9.52 Å². The van der Waals surface area contributed by atoms with Crippen LogP contribution in [0.3, 0.4) is 0 Å². The maximum atomic E-state index is 5.46. The summed E-state index contributed by atoms with van der Waals surface area (Å²) in [4.78, 5) is 4.75. The second-order valence-corrected chi connectivity index (χ2v) is 6.81. The molecule has 8 heteroatoms. The zero-order valence-electron chi connectivity index (χ0n) is 17.9. The summed E-state index contributed by atoms with van der Waals surface area (Å²) in [5, 5.41) is 15.2. The molecular formula is C22H31IN6O. The van der Waals surface area contributed by atoms with Crippen LogP contribution in [0.1, 0.15) is 48.9 Å². The zero-order chi connectivity index (χ0) is 20.5. The van der Waals surface area contributed by atoms with Crippen LogP contribution in [-0.4, -0.2) is 27.4 Å². The molecule has 0 amide bonds. The average molecular weight is 522 g/mol. The first-order valence-electron chi connectivity index (χ1n) is 10.3. The fourth-order valence-electron chi connectivity index (χ4n) is 3.23. The number of guanidine groups is 1. The lowest BCUT2D eigenvalue weighted by Gasteiger charge is -2.12. The van der Waals surface area contributed by atoms with Crippen LogP contribution >= 0.6 is 24.0 Å². The van der Waals surface area contributed by atoms with Crippen LogP contribution in [0.25, 0.3) is 0 Å². The quantitative estimate of drug-likeness (QED) is 0.253. The van der Waals surface area contributed by atoms with E-state index >= 15 is 0 Å². The molecule has 0 aliphatic heterocycles. The molecule has 3 aromatic rings. The number of aliphatic imine (C=N–C) groups is 1. The van der Waals surface area contributed by atoms with Gasteiger partial charge in [0.2, 0.25) is 0 Å². The van der Waals surface area contributed by atoms with Crippen molar-refractivity contribution < 1.29 is 4.52 Å². The van der Waals surface area contributed by atoms with Crippen molar-refractivity contribution in [1.82, 2.24) is 25.6 Å². The maximum Gasteiger partial charge on any atom is 0.191 e. The van der Waals surface area contributed by atoms with Gasteiger partial charge in [-0.1, -0.05) is 43.3 Å². The van der Waals surface area contributed by atoms with E-state index in [1.165, 1.54) is 11.1 Å². The van der Waals surface area contributed by atoms with Crippen molar-refractivity contribution in [2.24, 2.45) is 4.99 Å². The van der Waals surface area contributed by atoms with Gasteiger partial charge >= 0.3 is 0 Å². The maximum absolute atomic E-state index is 5.46. The van der Waals surface area contributed by atoms with E-state index in [2.05, 4.69) is 65.9 Å². The molecular weight excluding hydrogens is 491 g/mol. The van der Waals surface area contributed by atoms with E-state index < -0.39 is 0 Å². The van der Waals surface area contributed by atoms with Crippen LogP contribution in [-0.2, 0) is 32.5 Å². The highest BCUT2D eigenvalue weighted by Crippen LogP contribution is 2.15. The molecule has 2 N–H and O–H groups in total. The summed E-state index contributed by atoms with van der Waals surface area (Å²) in [6.45, 7) is 9.06. The van der Waals surface area contributed by atoms with E-state index in [0.717, 1.165) is 48.9 Å². The van der Waals surface area contributed by atoms with Crippen molar-refractivity contribution in [3.8, 4) is 0 Å². The minimum absolute atomic E-state index is 0. The standard InChI is InChI=1S/C22H30N6O.HI/c1-4-20-19(21(5-2)29-27-20)15-25-22(23-6-3)24-14-17-9-7-10-18(13-17)16-28-12-8-11-26-28;/h7-13H,4-6,14-16H2,1-3H3,(H2,23,24,25);1H. The summed E-state index contributed by atoms with van der Waals surface area (Å²) < 4.78 is 7.38. The van der Waals surface area contributed by atoms with E-state index in [9.17, 15) is 0 Å². The number of nitrogens with one attached hydrogen (secondary N) is 2. The number of aryl methyl sites for hydroxylation is 2. The highest BCUT2D eigenvalue weighted by molar-refractivity contribution is 14.0. The molecule has 0 fully saturated rings. The summed E-state index contributed by atoms with van der Waals surface area (Å²) >= 11 is 0. The minimum Gasteiger partial charge on any atom is -0.361 e. The third kappa shape index (κ3) is 6.58. The van der Waals surface area contributed by atoms with Gasteiger partial charge in [-0.05, 0) is 30.5 Å². The molecule has 30 heavy (non-hydrogen) atoms. The smallest absolute Gasteiger partial charge is 0.191 e. The molecule has 0 bridgehead atoms. The summed E-state index contributed by atoms with van der Waals surface area (Å²) in [6.07, 6.45) is 5.46. The topological polar surface area (TPSA) is 80.3 Å². The summed E-state index contributed by atoms with van der Waals surface area (Å²) in [5.74, 6) is 1.73. The number of benzene rings is 1. The summed E-state index contributed by atoms with van der Waals surface area (Å²) in [6, 6.07) is 10.4. The molecule has 0 spiro atoms. The van der Waals surface area contributed by atoms with E-state index in [0.29, 0.717) is 13.1 Å². The number of hydrogen-bond acceptors (Lipinski definition) is 4. The van der Waals surface area contributed by atoms with Crippen LogP contribution < -0.4 is 10.6 Å². The molecule has 0 saturated heterocycles. The third-order valence-electron chi connectivity index (χ3n) is 4.70. The molecule has 0 saturated carbocycles. The Morgan fingerprint density at radius 2 is 1.93 bits per heavy atom. The van der Waals surface area contributed by atoms with Crippen molar-refractivity contribution in [2.45, 2.75) is 53.2 Å². The molecule has 2 heterocycles. The Morgan fingerprint density at radius 1 is 1.10 bits per heavy atom. The largest absolute Gasteiger partial charge is 0.361 e.